The van der Waals surface area contributed by atoms with Gasteiger partial charge in [-0.1, -0.05) is 42.7 Å². The quantitative estimate of drug-likeness (QED) is 0.356. The van der Waals surface area contributed by atoms with Crippen LogP contribution in [0.1, 0.15) is 69.7 Å². The van der Waals surface area contributed by atoms with E-state index in [4.69, 9.17) is 15.2 Å². The second-order valence-corrected chi connectivity index (χ2v) is 10.8. The Morgan fingerprint density at radius 3 is 2.10 bits per heavy atom. The van der Waals surface area contributed by atoms with Gasteiger partial charge in [-0.2, -0.15) is 0 Å². The molecule has 2 aromatic rings. The number of benzene rings is 2. The van der Waals surface area contributed by atoms with Crippen LogP contribution in [-0.2, 0) is 19.1 Å². The Labute approximate surface area is 236 Å². The molecule has 10 heteroatoms. The van der Waals surface area contributed by atoms with E-state index >= 15 is 0 Å². The van der Waals surface area contributed by atoms with Crippen molar-refractivity contribution in [2.75, 3.05) is 19.0 Å². The largest absolute Gasteiger partial charge is 0.497 e. The third-order valence-corrected chi connectivity index (χ3v) is 5.91. The van der Waals surface area contributed by atoms with Crippen LogP contribution in [0.5, 0.6) is 5.75 Å². The summed E-state index contributed by atoms with van der Waals surface area (Å²) in [6.07, 6.45) is -0.00396. The average molecular weight is 555 g/mol. The van der Waals surface area contributed by atoms with Crippen molar-refractivity contribution < 1.29 is 28.7 Å². The van der Waals surface area contributed by atoms with E-state index in [-0.39, 0.29) is 6.54 Å². The summed E-state index contributed by atoms with van der Waals surface area (Å²) in [5.74, 6) is -1.22. The first-order valence-electron chi connectivity index (χ1n) is 13.4. The second kappa shape index (κ2) is 14.3. The molecule has 0 aromatic heterocycles. The third-order valence-electron chi connectivity index (χ3n) is 5.91. The van der Waals surface area contributed by atoms with E-state index in [2.05, 4.69) is 10.6 Å². The van der Waals surface area contributed by atoms with E-state index in [9.17, 15) is 19.2 Å². The first kappa shape index (κ1) is 32.1. The number of unbranched alkanes of at least 4 members (excludes halogenated alkanes) is 1. The van der Waals surface area contributed by atoms with Crippen LogP contribution in [0.4, 0.5) is 10.5 Å². The molecular formula is C30H42N4O6. The maximum atomic E-state index is 14.1. The van der Waals surface area contributed by atoms with E-state index in [1.807, 2.05) is 39.0 Å². The fraction of sp³-hybridized carbons (Fsp3) is 0.467. The molecule has 2 unspecified atom stereocenters. The van der Waals surface area contributed by atoms with Gasteiger partial charge in [-0.15, -0.1) is 0 Å². The highest BCUT2D eigenvalue weighted by Crippen LogP contribution is 2.28. The van der Waals surface area contributed by atoms with Gasteiger partial charge in [0.25, 0.3) is 5.91 Å². The zero-order valence-corrected chi connectivity index (χ0v) is 24.5. The molecule has 2 atom stereocenters. The van der Waals surface area contributed by atoms with Crippen LogP contribution in [-0.4, -0.2) is 54.0 Å². The lowest BCUT2D eigenvalue weighted by Crippen LogP contribution is -2.53. The summed E-state index contributed by atoms with van der Waals surface area (Å²) in [7, 11) is 1.55. The van der Waals surface area contributed by atoms with Crippen molar-refractivity contribution in [3.05, 3.63) is 59.2 Å². The Bertz CT molecular complexity index is 1170. The number of hydrogen-bond donors (Lipinski definition) is 3. The van der Waals surface area contributed by atoms with Gasteiger partial charge in [-0.05, 0) is 70.9 Å². The standard InChI is InChI=1S/C30H42N4O6/c1-8-9-14-34(28(37)24(18-25(31)35)33-29(38)40-30(4,5)6)26(21-16-19(2)15-20(3)17-21)27(36)32-22-10-12-23(39-7)13-11-22/h10-13,15-17,24,26H,8-9,14,18H2,1-7H3,(H2,31,35)(H,32,36)(H,33,38). The van der Waals surface area contributed by atoms with Gasteiger partial charge in [0.1, 0.15) is 23.4 Å². The summed E-state index contributed by atoms with van der Waals surface area (Å²) in [4.78, 5) is 53.9. The van der Waals surface area contributed by atoms with Crippen molar-refractivity contribution in [1.29, 1.82) is 0 Å². The number of primary amides is 1. The molecular weight excluding hydrogens is 512 g/mol. The van der Waals surface area contributed by atoms with Crippen molar-refractivity contribution in [3.8, 4) is 5.75 Å². The Kier molecular flexibility index (Phi) is 11.5. The van der Waals surface area contributed by atoms with Crippen LogP contribution in [0.2, 0.25) is 0 Å². The minimum Gasteiger partial charge on any atom is -0.497 e. The number of methoxy groups -OCH3 is 1. The van der Waals surface area contributed by atoms with Crippen molar-refractivity contribution in [2.45, 2.75) is 78.5 Å². The molecule has 0 bridgehead atoms. The van der Waals surface area contributed by atoms with Crippen LogP contribution in [0, 0.1) is 13.8 Å². The summed E-state index contributed by atoms with van der Waals surface area (Å²) in [5, 5.41) is 5.40. The molecule has 40 heavy (non-hydrogen) atoms. The average Bonchev–Trinajstić information content (AvgIpc) is 2.84. The van der Waals surface area contributed by atoms with E-state index in [0.29, 0.717) is 23.4 Å². The Morgan fingerprint density at radius 1 is 1.00 bits per heavy atom. The normalized spacial score (nSPS) is 12.6. The molecule has 0 saturated heterocycles. The number of nitrogens with zero attached hydrogens (tertiary/aromatic N) is 1. The Balaban J connectivity index is 2.56. The number of hydrogen-bond acceptors (Lipinski definition) is 6. The Hall–Kier alpha value is -4.08. The number of nitrogens with one attached hydrogen (secondary N) is 2. The van der Waals surface area contributed by atoms with Gasteiger partial charge >= 0.3 is 6.09 Å². The molecule has 4 amide bonds. The molecule has 218 valence electrons. The number of aryl methyl sites for hydroxylation is 2. The number of carbonyl (C=O) groups excluding carboxylic acids is 4. The molecule has 0 heterocycles. The monoisotopic (exact) mass is 554 g/mol. The number of anilines is 1. The van der Waals surface area contributed by atoms with Crippen LogP contribution >= 0.6 is 0 Å². The summed E-state index contributed by atoms with van der Waals surface area (Å²) in [5.41, 5.74) is 7.58. The minimum atomic E-state index is -1.33. The molecule has 0 aliphatic carbocycles. The van der Waals surface area contributed by atoms with Crippen LogP contribution < -0.4 is 21.1 Å². The molecule has 0 radical (unpaired) electrons. The van der Waals surface area contributed by atoms with Crippen LogP contribution in [0.15, 0.2) is 42.5 Å². The highest BCUT2D eigenvalue weighted by atomic mass is 16.6. The molecule has 10 nitrogen and oxygen atoms in total. The van der Waals surface area contributed by atoms with Crippen molar-refractivity contribution in [2.24, 2.45) is 5.73 Å². The van der Waals surface area contributed by atoms with Crippen molar-refractivity contribution in [1.82, 2.24) is 10.2 Å². The molecule has 0 saturated carbocycles. The zero-order valence-electron chi connectivity index (χ0n) is 24.5. The molecule has 4 N–H and O–H groups in total. The van der Waals surface area contributed by atoms with Crippen molar-refractivity contribution in [3.63, 3.8) is 0 Å². The first-order valence-corrected chi connectivity index (χ1v) is 13.4. The van der Waals surface area contributed by atoms with Crippen molar-refractivity contribution >= 4 is 29.5 Å². The minimum absolute atomic E-state index is 0.203. The fourth-order valence-corrected chi connectivity index (χ4v) is 4.27. The van der Waals surface area contributed by atoms with Gasteiger partial charge in [-0.25, -0.2) is 4.79 Å². The third kappa shape index (κ3) is 9.91. The predicted octanol–water partition coefficient (Wildman–Crippen LogP) is 4.39. The summed E-state index contributed by atoms with van der Waals surface area (Å²) >= 11 is 0. The van der Waals surface area contributed by atoms with Gasteiger partial charge in [0.2, 0.25) is 11.8 Å². The fourth-order valence-electron chi connectivity index (χ4n) is 4.27. The number of amides is 4. The molecule has 0 aliphatic heterocycles. The molecule has 0 spiro atoms. The van der Waals surface area contributed by atoms with Gasteiger partial charge in [0.05, 0.1) is 13.5 Å². The van der Waals surface area contributed by atoms with Crippen LogP contribution in [0.25, 0.3) is 0 Å². The highest BCUT2D eigenvalue weighted by Gasteiger charge is 2.37. The second-order valence-electron chi connectivity index (χ2n) is 10.8. The highest BCUT2D eigenvalue weighted by molar-refractivity contribution is 5.99. The van der Waals surface area contributed by atoms with Gasteiger partial charge < -0.3 is 30.7 Å². The van der Waals surface area contributed by atoms with E-state index in [1.54, 1.807) is 52.1 Å². The van der Waals surface area contributed by atoms with E-state index in [1.165, 1.54) is 4.90 Å². The van der Waals surface area contributed by atoms with Crippen LogP contribution in [0.3, 0.4) is 0 Å². The van der Waals surface area contributed by atoms with E-state index < -0.39 is 47.9 Å². The molecule has 0 fully saturated rings. The lowest BCUT2D eigenvalue weighted by Gasteiger charge is -2.34. The topological polar surface area (TPSA) is 140 Å². The molecule has 2 rings (SSSR count). The molecule has 2 aromatic carbocycles. The van der Waals surface area contributed by atoms with Gasteiger partial charge in [-0.3, -0.25) is 14.4 Å². The maximum absolute atomic E-state index is 14.1. The number of nitrogens with two attached hydrogens (primary N) is 1. The lowest BCUT2D eigenvalue weighted by molar-refractivity contribution is -0.142. The SMILES string of the molecule is CCCCN(C(=O)C(CC(N)=O)NC(=O)OC(C)(C)C)C(C(=O)Nc1ccc(OC)cc1)c1cc(C)cc(C)c1. The number of ether oxygens (including phenoxy) is 2. The molecule has 0 aliphatic rings. The summed E-state index contributed by atoms with van der Waals surface area (Å²) in [6, 6.07) is 10.1. The predicted molar refractivity (Wildman–Crippen MR) is 154 cm³/mol. The van der Waals surface area contributed by atoms with Gasteiger partial charge in [0, 0.05) is 12.2 Å². The smallest absolute Gasteiger partial charge is 0.408 e. The zero-order chi connectivity index (χ0) is 30.0. The maximum Gasteiger partial charge on any atom is 0.408 e. The van der Waals surface area contributed by atoms with Gasteiger partial charge in [0.15, 0.2) is 0 Å². The summed E-state index contributed by atoms with van der Waals surface area (Å²) < 4.78 is 10.5. The Morgan fingerprint density at radius 2 is 1.60 bits per heavy atom. The number of carbonyl (C=O) groups is 4. The number of alkyl carbamates (subject to hydrolysis) is 1. The summed E-state index contributed by atoms with van der Waals surface area (Å²) in [6.45, 7) is 11.0. The van der Waals surface area contributed by atoms with E-state index in [0.717, 1.165) is 17.5 Å². The number of rotatable bonds is 12. The lowest BCUT2D eigenvalue weighted by atomic mass is 9.97. The first-order chi connectivity index (χ1) is 18.7.